The number of sulfonamides is 1. The summed E-state index contributed by atoms with van der Waals surface area (Å²) in [4.78, 5) is 14.6. The Hall–Kier alpha value is -1.44. The lowest BCUT2D eigenvalue weighted by atomic mass is 9.98. The molecule has 6 nitrogen and oxygen atoms in total. The highest BCUT2D eigenvalue weighted by Gasteiger charge is 2.27. The van der Waals surface area contributed by atoms with Crippen LogP contribution in [0.2, 0.25) is 0 Å². The van der Waals surface area contributed by atoms with Crippen LogP contribution < -0.4 is 10.5 Å². The summed E-state index contributed by atoms with van der Waals surface area (Å²) < 4.78 is 24.8. The first-order chi connectivity index (χ1) is 10.9. The molecule has 1 atom stereocenters. The third-order valence-electron chi connectivity index (χ3n) is 4.17. The van der Waals surface area contributed by atoms with Crippen LogP contribution in [0.15, 0.2) is 24.3 Å². The summed E-state index contributed by atoms with van der Waals surface area (Å²) >= 11 is 0. The van der Waals surface area contributed by atoms with Gasteiger partial charge >= 0.3 is 0 Å². The Bertz CT molecular complexity index is 628. The molecule has 1 heterocycles. The molecular formula is C16H25N3O3S. The quantitative estimate of drug-likeness (QED) is 0.811. The zero-order chi connectivity index (χ0) is 16.9. The predicted octanol–water partition coefficient (Wildman–Crippen LogP) is 1.08. The van der Waals surface area contributed by atoms with Crippen molar-refractivity contribution in [1.82, 2.24) is 9.62 Å². The molecule has 23 heavy (non-hydrogen) atoms. The summed E-state index contributed by atoms with van der Waals surface area (Å²) in [6, 6.07) is 7.45. The lowest BCUT2D eigenvalue weighted by Gasteiger charge is -2.36. The van der Waals surface area contributed by atoms with Crippen molar-refractivity contribution in [3.8, 4) is 0 Å². The van der Waals surface area contributed by atoms with Gasteiger partial charge in [-0.25, -0.2) is 13.1 Å². The molecule has 0 radical (unpaired) electrons. The summed E-state index contributed by atoms with van der Waals surface area (Å²) in [7, 11) is -3.19. The van der Waals surface area contributed by atoms with Crippen molar-refractivity contribution in [2.75, 3.05) is 19.3 Å². The number of carbonyl (C=O) groups is 1. The number of likely N-dealkylation sites (tertiary alicyclic amines) is 1. The Morgan fingerprint density at radius 3 is 2.61 bits per heavy atom. The van der Waals surface area contributed by atoms with E-state index in [0.717, 1.165) is 37.6 Å². The van der Waals surface area contributed by atoms with E-state index < -0.39 is 10.0 Å². The first kappa shape index (κ1) is 17.9. The molecule has 0 saturated carbocycles. The van der Waals surface area contributed by atoms with Gasteiger partial charge in [-0.1, -0.05) is 12.1 Å². The van der Waals surface area contributed by atoms with E-state index in [0.29, 0.717) is 25.1 Å². The minimum Gasteiger partial charge on any atom is -0.336 e. The third kappa shape index (κ3) is 5.30. The maximum atomic E-state index is 12.7. The van der Waals surface area contributed by atoms with Crippen molar-refractivity contribution >= 4 is 15.9 Å². The normalized spacial score (nSPS) is 18.9. The minimum absolute atomic E-state index is 0.0117. The highest BCUT2D eigenvalue weighted by atomic mass is 32.2. The molecule has 1 amide bonds. The number of hydrogen-bond donors (Lipinski definition) is 2. The fourth-order valence-electron chi connectivity index (χ4n) is 2.93. The Morgan fingerprint density at radius 2 is 2.00 bits per heavy atom. The summed E-state index contributed by atoms with van der Waals surface area (Å²) in [5.74, 6) is 0.0117. The Balaban J connectivity index is 2.02. The average molecular weight is 339 g/mol. The van der Waals surface area contributed by atoms with E-state index in [1.165, 1.54) is 0 Å². The summed E-state index contributed by atoms with van der Waals surface area (Å²) in [6.07, 6.45) is 4.76. The van der Waals surface area contributed by atoms with Crippen molar-refractivity contribution in [2.24, 2.45) is 5.73 Å². The standard InChI is InChI=1S/C16H25N3O3S/c1-23(21,22)18-10-9-15-4-2-3-11-19(15)16(20)14-7-5-13(12-17)6-8-14/h5-8,15,18H,2-4,9-12,17H2,1H3. The van der Waals surface area contributed by atoms with Crippen molar-refractivity contribution in [3.05, 3.63) is 35.4 Å². The molecule has 1 aliphatic heterocycles. The number of amides is 1. The van der Waals surface area contributed by atoms with E-state index in [2.05, 4.69) is 4.72 Å². The molecule has 7 heteroatoms. The monoisotopic (exact) mass is 339 g/mol. The van der Waals surface area contributed by atoms with Crippen LogP contribution in [0.1, 0.15) is 41.6 Å². The van der Waals surface area contributed by atoms with Crippen LogP contribution in [0.3, 0.4) is 0 Å². The van der Waals surface area contributed by atoms with E-state index in [1.807, 2.05) is 29.2 Å². The summed E-state index contributed by atoms with van der Waals surface area (Å²) in [5.41, 5.74) is 7.23. The molecule has 1 saturated heterocycles. The molecule has 0 aliphatic carbocycles. The zero-order valence-corrected chi connectivity index (χ0v) is 14.3. The molecule has 1 aromatic rings. The topological polar surface area (TPSA) is 92.5 Å². The number of carbonyl (C=O) groups excluding carboxylic acids is 1. The lowest BCUT2D eigenvalue weighted by Crippen LogP contribution is -2.45. The maximum absolute atomic E-state index is 12.7. The van der Waals surface area contributed by atoms with Crippen LogP contribution in [0.4, 0.5) is 0 Å². The van der Waals surface area contributed by atoms with Gasteiger partial charge in [-0.05, 0) is 43.4 Å². The fourth-order valence-corrected chi connectivity index (χ4v) is 3.42. The number of nitrogens with one attached hydrogen (secondary N) is 1. The number of benzene rings is 1. The highest BCUT2D eigenvalue weighted by Crippen LogP contribution is 2.22. The van der Waals surface area contributed by atoms with Crippen molar-refractivity contribution in [1.29, 1.82) is 0 Å². The van der Waals surface area contributed by atoms with Crippen molar-refractivity contribution < 1.29 is 13.2 Å². The molecule has 2 rings (SSSR count). The number of hydrogen-bond acceptors (Lipinski definition) is 4. The van der Waals surface area contributed by atoms with Gasteiger partial charge in [0.2, 0.25) is 10.0 Å². The Labute approximate surface area is 138 Å². The van der Waals surface area contributed by atoms with E-state index in [4.69, 9.17) is 5.73 Å². The summed E-state index contributed by atoms with van der Waals surface area (Å²) in [6.45, 7) is 1.54. The van der Waals surface area contributed by atoms with E-state index in [-0.39, 0.29) is 11.9 Å². The second-order valence-electron chi connectivity index (χ2n) is 6.00. The van der Waals surface area contributed by atoms with Crippen molar-refractivity contribution in [3.63, 3.8) is 0 Å². The lowest BCUT2D eigenvalue weighted by molar-refractivity contribution is 0.0604. The molecule has 1 aliphatic rings. The van der Waals surface area contributed by atoms with Gasteiger partial charge in [0.25, 0.3) is 5.91 Å². The van der Waals surface area contributed by atoms with Crippen LogP contribution in [-0.2, 0) is 16.6 Å². The maximum Gasteiger partial charge on any atom is 0.254 e. The minimum atomic E-state index is -3.19. The highest BCUT2D eigenvalue weighted by molar-refractivity contribution is 7.88. The largest absolute Gasteiger partial charge is 0.336 e. The average Bonchev–Trinajstić information content (AvgIpc) is 2.53. The predicted molar refractivity (Wildman–Crippen MR) is 90.5 cm³/mol. The SMILES string of the molecule is CS(=O)(=O)NCCC1CCCCN1C(=O)c1ccc(CN)cc1. The van der Waals surface area contributed by atoms with Crippen LogP contribution in [0.25, 0.3) is 0 Å². The van der Waals surface area contributed by atoms with Gasteiger partial charge in [-0.15, -0.1) is 0 Å². The number of piperidine rings is 1. The van der Waals surface area contributed by atoms with Crippen LogP contribution in [0, 0.1) is 0 Å². The van der Waals surface area contributed by atoms with Crippen molar-refractivity contribution in [2.45, 2.75) is 38.3 Å². The van der Waals surface area contributed by atoms with Gasteiger partial charge in [-0.2, -0.15) is 0 Å². The Morgan fingerprint density at radius 1 is 1.30 bits per heavy atom. The van der Waals surface area contributed by atoms with Gasteiger partial charge in [0.1, 0.15) is 0 Å². The summed E-state index contributed by atoms with van der Waals surface area (Å²) in [5, 5.41) is 0. The Kier molecular flexibility index (Phi) is 6.15. The van der Waals surface area contributed by atoms with E-state index >= 15 is 0 Å². The van der Waals surface area contributed by atoms with Gasteiger partial charge < -0.3 is 10.6 Å². The molecule has 1 fully saturated rings. The molecule has 3 N–H and O–H groups in total. The zero-order valence-electron chi connectivity index (χ0n) is 13.5. The first-order valence-corrected chi connectivity index (χ1v) is 9.84. The van der Waals surface area contributed by atoms with E-state index in [9.17, 15) is 13.2 Å². The molecule has 0 aromatic heterocycles. The van der Waals surface area contributed by atoms with Gasteiger partial charge in [0.15, 0.2) is 0 Å². The molecule has 128 valence electrons. The number of nitrogens with two attached hydrogens (primary N) is 1. The van der Waals surface area contributed by atoms with Crippen LogP contribution in [0.5, 0.6) is 0 Å². The molecule has 0 spiro atoms. The second kappa shape index (κ2) is 7.90. The van der Waals surface area contributed by atoms with Gasteiger partial charge in [0, 0.05) is 31.2 Å². The number of nitrogens with zero attached hydrogens (tertiary/aromatic N) is 1. The molecule has 1 unspecified atom stereocenters. The smallest absolute Gasteiger partial charge is 0.254 e. The molecule has 0 bridgehead atoms. The first-order valence-electron chi connectivity index (χ1n) is 7.95. The molecular weight excluding hydrogens is 314 g/mol. The van der Waals surface area contributed by atoms with E-state index in [1.54, 1.807) is 0 Å². The van der Waals surface area contributed by atoms with Crippen LogP contribution in [-0.4, -0.2) is 44.6 Å². The second-order valence-corrected chi connectivity index (χ2v) is 7.84. The van der Waals surface area contributed by atoms with Gasteiger partial charge in [0.05, 0.1) is 6.26 Å². The third-order valence-corrected chi connectivity index (χ3v) is 4.89. The fraction of sp³-hybridized carbons (Fsp3) is 0.562. The molecule has 1 aromatic carbocycles. The van der Waals surface area contributed by atoms with Crippen LogP contribution >= 0.6 is 0 Å². The van der Waals surface area contributed by atoms with Gasteiger partial charge in [-0.3, -0.25) is 4.79 Å². The number of rotatable bonds is 6.